The number of carbonyl (C=O) groups is 2. The lowest BCUT2D eigenvalue weighted by Crippen LogP contribution is -2.46. The number of amides is 1. The first-order valence-corrected chi connectivity index (χ1v) is 7.69. The van der Waals surface area contributed by atoms with Crippen molar-refractivity contribution in [3.05, 3.63) is 0 Å². The number of rotatable bonds is 5. The highest BCUT2D eigenvalue weighted by atomic mass is 16.5. The minimum Gasteiger partial charge on any atom is -0.480 e. The Morgan fingerprint density at radius 2 is 1.90 bits per heavy atom. The highest BCUT2D eigenvalue weighted by Crippen LogP contribution is 2.14. The Hall–Kier alpha value is -1.18. The highest BCUT2D eigenvalue weighted by Gasteiger charge is 2.25. The summed E-state index contributed by atoms with van der Waals surface area (Å²) in [7, 11) is 0. The van der Waals surface area contributed by atoms with Gasteiger partial charge in [-0.3, -0.25) is 9.69 Å². The summed E-state index contributed by atoms with van der Waals surface area (Å²) in [4.78, 5) is 26.8. The van der Waals surface area contributed by atoms with E-state index in [1.807, 2.05) is 4.90 Å². The van der Waals surface area contributed by atoms with Crippen LogP contribution in [0, 0.1) is 0 Å². The molecule has 0 spiro atoms. The maximum absolute atomic E-state index is 12.3. The maximum atomic E-state index is 12.3. The summed E-state index contributed by atoms with van der Waals surface area (Å²) >= 11 is 0. The molecule has 0 radical (unpaired) electrons. The summed E-state index contributed by atoms with van der Waals surface area (Å²) in [6.07, 6.45) is 2.49. The monoisotopic (exact) mass is 299 g/mol. The molecule has 0 aliphatic carbocycles. The Bertz CT molecular complexity index is 348. The van der Waals surface area contributed by atoms with Crippen LogP contribution in [-0.4, -0.2) is 85.3 Å². The molecular formula is C14H25N3O4. The molecule has 2 heterocycles. The number of nitrogens with one attached hydrogen (secondary N) is 1. The Balaban J connectivity index is 1.68. The third-order valence-corrected chi connectivity index (χ3v) is 4.03. The SMILES string of the molecule is O=C(O)COC1CCN(C(=O)CN2CCCNCC2)CC1. The van der Waals surface area contributed by atoms with Gasteiger partial charge in [0, 0.05) is 26.2 Å². The van der Waals surface area contributed by atoms with Crippen molar-refractivity contribution in [2.75, 3.05) is 52.4 Å². The second-order valence-electron chi connectivity index (χ2n) is 5.66. The Morgan fingerprint density at radius 1 is 1.14 bits per heavy atom. The topological polar surface area (TPSA) is 82.1 Å². The first kappa shape index (κ1) is 16.2. The van der Waals surface area contributed by atoms with Crippen LogP contribution < -0.4 is 5.32 Å². The van der Waals surface area contributed by atoms with Crippen molar-refractivity contribution >= 4 is 11.9 Å². The number of hydrogen-bond donors (Lipinski definition) is 2. The van der Waals surface area contributed by atoms with Gasteiger partial charge < -0.3 is 20.1 Å². The number of aliphatic carboxylic acids is 1. The molecule has 1 amide bonds. The molecule has 0 aromatic rings. The molecular weight excluding hydrogens is 274 g/mol. The van der Waals surface area contributed by atoms with Gasteiger partial charge in [0.25, 0.3) is 0 Å². The lowest BCUT2D eigenvalue weighted by molar-refractivity contribution is -0.147. The largest absolute Gasteiger partial charge is 0.480 e. The normalized spacial score (nSPS) is 22.0. The summed E-state index contributed by atoms with van der Waals surface area (Å²) in [5.41, 5.74) is 0. The summed E-state index contributed by atoms with van der Waals surface area (Å²) in [6, 6.07) is 0. The van der Waals surface area contributed by atoms with Gasteiger partial charge in [0.15, 0.2) is 0 Å². The number of carboxylic acid groups (broad SMARTS) is 1. The maximum Gasteiger partial charge on any atom is 0.329 e. The summed E-state index contributed by atoms with van der Waals surface area (Å²) in [5.74, 6) is -0.767. The zero-order valence-corrected chi connectivity index (χ0v) is 12.4. The average Bonchev–Trinajstić information content (AvgIpc) is 2.74. The van der Waals surface area contributed by atoms with Crippen LogP contribution in [0.25, 0.3) is 0 Å². The Labute approximate surface area is 125 Å². The van der Waals surface area contributed by atoms with Crippen LogP contribution in [0.5, 0.6) is 0 Å². The number of likely N-dealkylation sites (tertiary alicyclic amines) is 1. The summed E-state index contributed by atoms with van der Waals surface area (Å²) < 4.78 is 5.28. The van der Waals surface area contributed by atoms with Crippen LogP contribution >= 0.6 is 0 Å². The fourth-order valence-electron chi connectivity index (χ4n) is 2.81. The molecule has 0 aromatic carbocycles. The van der Waals surface area contributed by atoms with Crippen LogP contribution in [0.15, 0.2) is 0 Å². The fraction of sp³-hybridized carbons (Fsp3) is 0.857. The van der Waals surface area contributed by atoms with Gasteiger partial charge in [0.2, 0.25) is 5.91 Å². The quantitative estimate of drug-likeness (QED) is 0.704. The van der Waals surface area contributed by atoms with Crippen LogP contribution in [0.4, 0.5) is 0 Å². The van der Waals surface area contributed by atoms with E-state index in [9.17, 15) is 9.59 Å². The molecule has 7 heteroatoms. The highest BCUT2D eigenvalue weighted by molar-refractivity contribution is 5.78. The van der Waals surface area contributed by atoms with Crippen LogP contribution in [-0.2, 0) is 14.3 Å². The second kappa shape index (κ2) is 8.31. The van der Waals surface area contributed by atoms with E-state index in [0.717, 1.165) is 45.4 Å². The van der Waals surface area contributed by atoms with Crippen molar-refractivity contribution in [3.8, 4) is 0 Å². The first-order chi connectivity index (χ1) is 10.1. The molecule has 0 unspecified atom stereocenters. The third-order valence-electron chi connectivity index (χ3n) is 4.03. The molecule has 0 atom stereocenters. The molecule has 2 saturated heterocycles. The molecule has 7 nitrogen and oxygen atoms in total. The van der Waals surface area contributed by atoms with Gasteiger partial charge in [0.1, 0.15) is 6.61 Å². The van der Waals surface area contributed by atoms with Gasteiger partial charge in [0.05, 0.1) is 12.6 Å². The predicted octanol–water partition coefficient (Wildman–Crippen LogP) is -0.626. The number of piperidine rings is 1. The van der Waals surface area contributed by atoms with Crippen LogP contribution in [0.2, 0.25) is 0 Å². The third kappa shape index (κ3) is 5.61. The smallest absolute Gasteiger partial charge is 0.329 e. The van der Waals surface area contributed by atoms with E-state index in [-0.39, 0.29) is 18.6 Å². The van der Waals surface area contributed by atoms with E-state index in [2.05, 4.69) is 10.2 Å². The van der Waals surface area contributed by atoms with E-state index in [0.29, 0.717) is 19.6 Å². The lowest BCUT2D eigenvalue weighted by atomic mass is 10.1. The standard InChI is InChI=1S/C14H25N3O4/c18-13(10-16-6-1-4-15-5-9-16)17-7-2-12(3-8-17)21-11-14(19)20/h12,15H,1-11H2,(H,19,20). The van der Waals surface area contributed by atoms with Gasteiger partial charge in [-0.1, -0.05) is 0 Å². The molecule has 2 aliphatic rings. The molecule has 2 rings (SSSR count). The zero-order chi connectivity index (χ0) is 15.1. The van der Waals surface area contributed by atoms with Gasteiger partial charge in [-0.25, -0.2) is 4.79 Å². The van der Waals surface area contributed by atoms with Crippen molar-refractivity contribution in [1.82, 2.24) is 15.1 Å². The minimum absolute atomic E-state index is 0.0347. The van der Waals surface area contributed by atoms with E-state index >= 15 is 0 Å². The lowest BCUT2D eigenvalue weighted by Gasteiger charge is -2.33. The molecule has 21 heavy (non-hydrogen) atoms. The van der Waals surface area contributed by atoms with Crippen molar-refractivity contribution < 1.29 is 19.4 Å². The van der Waals surface area contributed by atoms with Gasteiger partial charge in [-0.15, -0.1) is 0 Å². The molecule has 120 valence electrons. The number of ether oxygens (including phenoxy) is 1. The van der Waals surface area contributed by atoms with E-state index < -0.39 is 5.97 Å². The summed E-state index contributed by atoms with van der Waals surface area (Å²) in [5, 5.41) is 11.9. The zero-order valence-electron chi connectivity index (χ0n) is 12.4. The first-order valence-electron chi connectivity index (χ1n) is 7.69. The van der Waals surface area contributed by atoms with Crippen LogP contribution in [0.3, 0.4) is 0 Å². The fourth-order valence-corrected chi connectivity index (χ4v) is 2.81. The summed E-state index contributed by atoms with van der Waals surface area (Å²) in [6.45, 7) is 5.42. The van der Waals surface area contributed by atoms with Crippen LogP contribution in [0.1, 0.15) is 19.3 Å². The number of nitrogens with zero attached hydrogens (tertiary/aromatic N) is 2. The Kier molecular flexibility index (Phi) is 6.41. The van der Waals surface area contributed by atoms with Crippen molar-refractivity contribution in [3.63, 3.8) is 0 Å². The number of carboxylic acids is 1. The van der Waals surface area contributed by atoms with Gasteiger partial charge in [-0.2, -0.15) is 0 Å². The van der Waals surface area contributed by atoms with Crippen molar-refractivity contribution in [2.45, 2.75) is 25.4 Å². The molecule has 2 N–H and O–H groups in total. The average molecular weight is 299 g/mol. The van der Waals surface area contributed by atoms with E-state index in [1.54, 1.807) is 0 Å². The number of hydrogen-bond acceptors (Lipinski definition) is 5. The molecule has 2 fully saturated rings. The van der Waals surface area contributed by atoms with Gasteiger partial charge >= 0.3 is 5.97 Å². The minimum atomic E-state index is -0.941. The molecule has 0 bridgehead atoms. The molecule has 2 aliphatic heterocycles. The number of carbonyl (C=O) groups excluding carboxylic acids is 1. The predicted molar refractivity (Wildman–Crippen MR) is 77.1 cm³/mol. The molecule has 0 aromatic heterocycles. The van der Waals surface area contributed by atoms with Crippen molar-refractivity contribution in [1.29, 1.82) is 0 Å². The Morgan fingerprint density at radius 3 is 2.62 bits per heavy atom. The van der Waals surface area contributed by atoms with Gasteiger partial charge in [-0.05, 0) is 32.4 Å². The second-order valence-corrected chi connectivity index (χ2v) is 5.66. The molecule has 0 saturated carbocycles. The van der Waals surface area contributed by atoms with E-state index in [4.69, 9.17) is 9.84 Å². The van der Waals surface area contributed by atoms with Crippen molar-refractivity contribution in [2.24, 2.45) is 0 Å². The van der Waals surface area contributed by atoms with E-state index in [1.165, 1.54) is 0 Å².